The van der Waals surface area contributed by atoms with Gasteiger partial charge in [0.05, 0.1) is 11.6 Å². The number of halogens is 1. The van der Waals surface area contributed by atoms with Crippen molar-refractivity contribution in [2.75, 3.05) is 6.61 Å². The highest BCUT2D eigenvalue weighted by Crippen LogP contribution is 2.13. The number of rotatable bonds is 5. The summed E-state index contributed by atoms with van der Waals surface area (Å²) in [6.07, 6.45) is 0. The lowest BCUT2D eigenvalue weighted by Gasteiger charge is -2.14. The van der Waals surface area contributed by atoms with Gasteiger partial charge in [0.25, 0.3) is 5.91 Å². The van der Waals surface area contributed by atoms with Crippen molar-refractivity contribution >= 4 is 23.5 Å². The fourth-order valence-electron chi connectivity index (χ4n) is 2.05. The van der Waals surface area contributed by atoms with Gasteiger partial charge < -0.3 is 10.1 Å². The third-order valence-corrected chi connectivity index (χ3v) is 3.58. The first-order chi connectivity index (χ1) is 11.0. The smallest absolute Gasteiger partial charge is 0.338 e. The van der Waals surface area contributed by atoms with Gasteiger partial charge in [-0.1, -0.05) is 47.5 Å². The van der Waals surface area contributed by atoms with Crippen LogP contribution in [0, 0.1) is 6.92 Å². The molecule has 0 aliphatic heterocycles. The lowest BCUT2D eigenvalue weighted by molar-refractivity contribution is -0.124. The second-order valence-electron chi connectivity index (χ2n) is 5.29. The van der Waals surface area contributed by atoms with E-state index >= 15 is 0 Å². The second kappa shape index (κ2) is 7.79. The summed E-state index contributed by atoms with van der Waals surface area (Å²) in [6, 6.07) is 14.1. The first-order valence-corrected chi connectivity index (χ1v) is 7.62. The van der Waals surface area contributed by atoms with Crippen LogP contribution < -0.4 is 5.32 Å². The van der Waals surface area contributed by atoms with E-state index in [2.05, 4.69) is 5.32 Å². The fraction of sp³-hybridized carbons (Fsp3) is 0.222. The molecule has 0 aliphatic rings. The molecule has 5 heteroatoms. The predicted octanol–water partition coefficient (Wildman–Crippen LogP) is 3.68. The number of hydrogen-bond acceptors (Lipinski definition) is 3. The number of amides is 1. The van der Waals surface area contributed by atoms with Crippen LogP contribution >= 0.6 is 11.6 Å². The Bertz CT molecular complexity index is 698. The van der Waals surface area contributed by atoms with Crippen molar-refractivity contribution < 1.29 is 14.3 Å². The molecule has 2 rings (SSSR count). The minimum Gasteiger partial charge on any atom is -0.452 e. The van der Waals surface area contributed by atoms with Crippen molar-refractivity contribution in [3.05, 3.63) is 70.2 Å². The maximum Gasteiger partial charge on any atom is 0.338 e. The zero-order valence-electron chi connectivity index (χ0n) is 13.0. The molecule has 0 bridgehead atoms. The summed E-state index contributed by atoms with van der Waals surface area (Å²) >= 11 is 5.81. The molecule has 1 N–H and O–H groups in total. The van der Waals surface area contributed by atoms with Crippen LogP contribution in [0.25, 0.3) is 0 Å². The van der Waals surface area contributed by atoms with Gasteiger partial charge in [-0.15, -0.1) is 0 Å². The van der Waals surface area contributed by atoms with Gasteiger partial charge in [0, 0.05) is 5.02 Å². The molecule has 0 aromatic heterocycles. The minimum atomic E-state index is -0.578. The maximum absolute atomic E-state index is 11.9. The van der Waals surface area contributed by atoms with Crippen molar-refractivity contribution in [1.29, 1.82) is 0 Å². The molecule has 0 heterocycles. The van der Waals surface area contributed by atoms with Crippen LogP contribution in [0.1, 0.15) is 34.5 Å². The number of hydrogen-bond donors (Lipinski definition) is 1. The van der Waals surface area contributed by atoms with Gasteiger partial charge >= 0.3 is 5.97 Å². The van der Waals surface area contributed by atoms with Crippen molar-refractivity contribution in [1.82, 2.24) is 5.32 Å². The first kappa shape index (κ1) is 17.0. The van der Waals surface area contributed by atoms with Crippen LogP contribution in [0.4, 0.5) is 0 Å². The van der Waals surface area contributed by atoms with E-state index in [0.29, 0.717) is 10.6 Å². The molecule has 0 saturated heterocycles. The number of ether oxygens (including phenoxy) is 1. The molecule has 0 radical (unpaired) electrons. The number of esters is 1. The van der Waals surface area contributed by atoms with Gasteiger partial charge in [0.2, 0.25) is 0 Å². The van der Waals surface area contributed by atoms with Crippen molar-refractivity contribution in [2.45, 2.75) is 19.9 Å². The molecule has 2 aromatic rings. The summed E-state index contributed by atoms with van der Waals surface area (Å²) < 4.78 is 4.99. The van der Waals surface area contributed by atoms with E-state index in [9.17, 15) is 9.59 Å². The molecule has 0 fully saturated rings. The monoisotopic (exact) mass is 331 g/mol. The van der Waals surface area contributed by atoms with E-state index in [1.807, 2.05) is 38.1 Å². The zero-order valence-corrected chi connectivity index (χ0v) is 13.8. The van der Waals surface area contributed by atoms with Crippen molar-refractivity contribution in [3.8, 4) is 0 Å². The summed E-state index contributed by atoms with van der Waals surface area (Å²) in [4.78, 5) is 23.7. The highest BCUT2D eigenvalue weighted by atomic mass is 35.5. The van der Waals surface area contributed by atoms with Crippen LogP contribution in [-0.4, -0.2) is 18.5 Å². The van der Waals surface area contributed by atoms with Gasteiger partial charge in [0.15, 0.2) is 6.61 Å². The largest absolute Gasteiger partial charge is 0.452 e. The average Bonchev–Trinajstić information content (AvgIpc) is 2.53. The van der Waals surface area contributed by atoms with Gasteiger partial charge in [-0.2, -0.15) is 0 Å². The SMILES string of the molecule is Cc1ccc([C@@H](C)NC(=O)COC(=O)c2cccc(Cl)c2)cc1. The fourth-order valence-corrected chi connectivity index (χ4v) is 2.24. The predicted molar refractivity (Wildman–Crippen MR) is 89.5 cm³/mol. The average molecular weight is 332 g/mol. The molecule has 0 unspecified atom stereocenters. The van der Waals surface area contributed by atoms with Gasteiger partial charge in [0.1, 0.15) is 0 Å². The Balaban J connectivity index is 1.85. The van der Waals surface area contributed by atoms with Crippen LogP contribution in [-0.2, 0) is 9.53 Å². The number of nitrogens with one attached hydrogen (secondary N) is 1. The zero-order chi connectivity index (χ0) is 16.8. The van der Waals surface area contributed by atoms with E-state index in [1.165, 1.54) is 6.07 Å². The highest BCUT2D eigenvalue weighted by molar-refractivity contribution is 6.30. The van der Waals surface area contributed by atoms with Crippen LogP contribution in [0.2, 0.25) is 5.02 Å². The Morgan fingerprint density at radius 2 is 1.87 bits per heavy atom. The molecule has 0 saturated carbocycles. The standard InChI is InChI=1S/C18H18ClNO3/c1-12-6-8-14(9-7-12)13(2)20-17(21)11-23-18(22)15-4-3-5-16(19)10-15/h3-10,13H,11H2,1-2H3,(H,20,21)/t13-/m1/s1. The summed E-state index contributed by atoms with van der Waals surface area (Å²) in [5.41, 5.74) is 2.46. The quantitative estimate of drug-likeness (QED) is 0.850. The number of aryl methyl sites for hydroxylation is 1. The Labute approximate surface area is 140 Å². The lowest BCUT2D eigenvalue weighted by Crippen LogP contribution is -2.31. The second-order valence-corrected chi connectivity index (χ2v) is 5.72. The third-order valence-electron chi connectivity index (χ3n) is 3.35. The number of carbonyl (C=O) groups excluding carboxylic acids is 2. The summed E-state index contributed by atoms with van der Waals surface area (Å²) in [5.74, 6) is -0.931. The Hall–Kier alpha value is -2.33. The van der Waals surface area contributed by atoms with Crippen LogP contribution in [0.3, 0.4) is 0 Å². The number of carbonyl (C=O) groups is 2. The highest BCUT2D eigenvalue weighted by Gasteiger charge is 2.13. The Morgan fingerprint density at radius 1 is 1.17 bits per heavy atom. The van der Waals surface area contributed by atoms with E-state index in [1.54, 1.807) is 18.2 Å². The van der Waals surface area contributed by atoms with E-state index in [0.717, 1.165) is 11.1 Å². The normalized spacial score (nSPS) is 11.6. The molecule has 4 nitrogen and oxygen atoms in total. The molecule has 23 heavy (non-hydrogen) atoms. The van der Waals surface area contributed by atoms with E-state index in [4.69, 9.17) is 16.3 Å². The summed E-state index contributed by atoms with van der Waals surface area (Å²) in [7, 11) is 0. The lowest BCUT2D eigenvalue weighted by atomic mass is 10.1. The Kier molecular flexibility index (Phi) is 5.77. The molecule has 0 spiro atoms. The van der Waals surface area contributed by atoms with Gasteiger partial charge in [-0.3, -0.25) is 4.79 Å². The molecule has 1 amide bonds. The van der Waals surface area contributed by atoms with Crippen molar-refractivity contribution in [3.63, 3.8) is 0 Å². The van der Waals surface area contributed by atoms with Gasteiger partial charge in [-0.05, 0) is 37.6 Å². The molecule has 0 aliphatic carbocycles. The van der Waals surface area contributed by atoms with Crippen molar-refractivity contribution in [2.24, 2.45) is 0 Å². The van der Waals surface area contributed by atoms with Crippen LogP contribution in [0.15, 0.2) is 48.5 Å². The molecular formula is C18H18ClNO3. The molecular weight excluding hydrogens is 314 g/mol. The number of benzene rings is 2. The summed E-state index contributed by atoms with van der Waals surface area (Å²) in [6.45, 7) is 3.55. The van der Waals surface area contributed by atoms with Crippen LogP contribution in [0.5, 0.6) is 0 Å². The van der Waals surface area contributed by atoms with E-state index < -0.39 is 5.97 Å². The third kappa shape index (κ3) is 5.11. The maximum atomic E-state index is 11.9. The van der Waals surface area contributed by atoms with Gasteiger partial charge in [-0.25, -0.2) is 4.79 Å². The molecule has 1 atom stereocenters. The minimum absolute atomic E-state index is 0.159. The molecule has 120 valence electrons. The molecule has 2 aromatic carbocycles. The Morgan fingerprint density at radius 3 is 2.52 bits per heavy atom. The first-order valence-electron chi connectivity index (χ1n) is 7.24. The topological polar surface area (TPSA) is 55.4 Å². The summed E-state index contributed by atoms with van der Waals surface area (Å²) in [5, 5.41) is 3.23. The van der Waals surface area contributed by atoms with E-state index in [-0.39, 0.29) is 18.6 Å².